The Hall–Kier alpha value is -8.14. The smallest absolute Gasteiger partial charge is 0.136 e. The van der Waals surface area contributed by atoms with Crippen LogP contribution in [-0.4, -0.2) is 0 Å². The minimum absolute atomic E-state index is 0.886. The van der Waals surface area contributed by atoms with E-state index in [9.17, 15) is 0 Å². The summed E-state index contributed by atoms with van der Waals surface area (Å²) in [5.41, 5.74) is 16.1. The predicted octanol–water partition coefficient (Wildman–Crippen LogP) is 16.8. The van der Waals surface area contributed by atoms with Crippen LogP contribution >= 0.6 is 0 Å². The molecule has 0 fully saturated rings. The molecule has 2 heterocycles. The number of fused-ring (bicyclic) bond motifs is 7. The summed E-state index contributed by atoms with van der Waals surface area (Å²) in [7, 11) is 0. The number of benzene rings is 10. The molecule has 0 aliphatic carbocycles. The molecule has 12 rings (SSSR count). The molecule has 0 aliphatic heterocycles. The zero-order chi connectivity index (χ0) is 40.3. The number of hydrogen-bond donors (Lipinski definition) is 0. The van der Waals surface area contributed by atoms with Gasteiger partial charge in [-0.15, -0.1) is 0 Å². The number of furan rings is 2. The van der Waals surface area contributed by atoms with Crippen molar-refractivity contribution in [2.45, 2.75) is 0 Å². The summed E-state index contributed by atoms with van der Waals surface area (Å²) < 4.78 is 12.5. The number of para-hydroxylation sites is 2. The van der Waals surface area contributed by atoms with Crippen molar-refractivity contribution in [3.8, 4) is 44.5 Å². The van der Waals surface area contributed by atoms with Gasteiger partial charge in [-0.2, -0.15) is 0 Å². The fraction of sp³-hybridized carbons (Fsp3) is 0. The highest BCUT2D eigenvalue weighted by atomic mass is 16.3. The van der Waals surface area contributed by atoms with Gasteiger partial charge in [-0.25, -0.2) is 0 Å². The summed E-state index contributed by atoms with van der Waals surface area (Å²) in [6.07, 6.45) is 0. The first-order valence-electron chi connectivity index (χ1n) is 20.7. The second kappa shape index (κ2) is 14.3. The predicted molar refractivity (Wildman–Crippen MR) is 255 cm³/mol. The Morgan fingerprint density at radius 2 is 0.770 bits per heavy atom. The minimum atomic E-state index is 0.886. The topological polar surface area (TPSA) is 29.5 Å². The summed E-state index contributed by atoms with van der Waals surface area (Å²) in [4.78, 5) is 2.36. The molecule has 2 aromatic heterocycles. The van der Waals surface area contributed by atoms with Crippen molar-refractivity contribution in [1.82, 2.24) is 0 Å². The van der Waals surface area contributed by atoms with Crippen molar-refractivity contribution in [2.75, 3.05) is 4.90 Å². The summed E-state index contributed by atoms with van der Waals surface area (Å²) in [6.45, 7) is 0. The number of hydrogen-bond acceptors (Lipinski definition) is 3. The normalized spacial score (nSPS) is 11.6. The molecule has 0 saturated heterocycles. The molecule has 0 unspecified atom stereocenters. The zero-order valence-corrected chi connectivity index (χ0v) is 33.1. The van der Waals surface area contributed by atoms with Crippen molar-refractivity contribution < 1.29 is 8.83 Å². The Morgan fingerprint density at radius 1 is 0.262 bits per heavy atom. The molecule has 3 nitrogen and oxygen atoms in total. The minimum Gasteiger partial charge on any atom is -0.456 e. The molecule has 10 aromatic carbocycles. The van der Waals surface area contributed by atoms with Crippen LogP contribution in [0.3, 0.4) is 0 Å². The summed E-state index contributed by atoms with van der Waals surface area (Å²) in [5.74, 6) is 0. The standard InChI is InChI=1S/C58H37NO2/c1-2-17-48-40(11-1)12-9-20-49(48)41-27-25-38(26-28-41)39-29-32-45(33-30-39)59(46-15-7-13-42(35-46)43-31-34-56-53(37-43)51-18-3-5-22-54(51)60-56)47-16-8-14-44(36-47)50-21-10-24-57-58(50)52-19-4-6-23-55(52)61-57/h1-37H. The lowest BCUT2D eigenvalue weighted by Crippen LogP contribution is -2.10. The van der Waals surface area contributed by atoms with E-state index in [1.54, 1.807) is 0 Å². The third kappa shape index (κ3) is 6.06. The van der Waals surface area contributed by atoms with Gasteiger partial charge in [0.05, 0.1) is 0 Å². The van der Waals surface area contributed by atoms with Crippen LogP contribution in [0.4, 0.5) is 17.1 Å². The first-order valence-corrected chi connectivity index (χ1v) is 20.7. The van der Waals surface area contributed by atoms with Gasteiger partial charge in [0.15, 0.2) is 0 Å². The molecule has 286 valence electrons. The molecule has 0 amide bonds. The van der Waals surface area contributed by atoms with Gasteiger partial charge >= 0.3 is 0 Å². The van der Waals surface area contributed by atoms with Gasteiger partial charge in [-0.1, -0.05) is 158 Å². The average molecular weight is 780 g/mol. The van der Waals surface area contributed by atoms with Gasteiger partial charge < -0.3 is 13.7 Å². The van der Waals surface area contributed by atoms with Gasteiger partial charge in [0.2, 0.25) is 0 Å². The average Bonchev–Trinajstić information content (AvgIpc) is 3.90. The quantitative estimate of drug-likeness (QED) is 0.161. The van der Waals surface area contributed by atoms with Gasteiger partial charge in [-0.3, -0.25) is 0 Å². The number of nitrogens with zero attached hydrogens (tertiary/aromatic N) is 1. The molecule has 0 aliphatic rings. The van der Waals surface area contributed by atoms with Gasteiger partial charge in [0.25, 0.3) is 0 Å². The maximum atomic E-state index is 6.31. The summed E-state index contributed by atoms with van der Waals surface area (Å²) >= 11 is 0. The second-order valence-corrected chi connectivity index (χ2v) is 15.7. The Kier molecular flexibility index (Phi) is 8.17. The molecule has 61 heavy (non-hydrogen) atoms. The number of anilines is 3. The van der Waals surface area contributed by atoms with Crippen molar-refractivity contribution >= 4 is 71.7 Å². The van der Waals surface area contributed by atoms with E-state index in [1.165, 1.54) is 27.5 Å². The third-order valence-corrected chi connectivity index (χ3v) is 12.1. The highest BCUT2D eigenvalue weighted by Gasteiger charge is 2.18. The molecule has 0 N–H and O–H groups in total. The van der Waals surface area contributed by atoms with Gasteiger partial charge in [-0.05, 0) is 122 Å². The van der Waals surface area contributed by atoms with E-state index < -0.39 is 0 Å². The maximum absolute atomic E-state index is 6.31. The lowest BCUT2D eigenvalue weighted by atomic mass is 9.96. The number of rotatable bonds is 7. The van der Waals surface area contributed by atoms with E-state index in [0.29, 0.717) is 0 Å². The van der Waals surface area contributed by atoms with E-state index in [2.05, 4.69) is 205 Å². The molecule has 0 saturated carbocycles. The van der Waals surface area contributed by atoms with E-state index in [4.69, 9.17) is 8.83 Å². The Bertz CT molecular complexity index is 3590. The fourth-order valence-corrected chi connectivity index (χ4v) is 9.13. The van der Waals surface area contributed by atoms with Crippen LogP contribution in [0.15, 0.2) is 233 Å². The van der Waals surface area contributed by atoms with E-state index in [-0.39, 0.29) is 0 Å². The van der Waals surface area contributed by atoms with E-state index >= 15 is 0 Å². The maximum Gasteiger partial charge on any atom is 0.136 e. The monoisotopic (exact) mass is 779 g/mol. The van der Waals surface area contributed by atoms with Crippen molar-refractivity contribution in [2.24, 2.45) is 0 Å². The van der Waals surface area contributed by atoms with Crippen LogP contribution in [0.1, 0.15) is 0 Å². The van der Waals surface area contributed by atoms with Crippen LogP contribution in [0.2, 0.25) is 0 Å². The van der Waals surface area contributed by atoms with Crippen LogP contribution in [-0.2, 0) is 0 Å². The largest absolute Gasteiger partial charge is 0.456 e. The molecule has 0 radical (unpaired) electrons. The summed E-state index contributed by atoms with van der Waals surface area (Å²) in [5, 5.41) is 7.00. The van der Waals surface area contributed by atoms with Crippen LogP contribution in [0.5, 0.6) is 0 Å². The van der Waals surface area contributed by atoms with Crippen LogP contribution in [0, 0.1) is 0 Å². The Morgan fingerprint density at radius 3 is 1.57 bits per heavy atom. The molecular weight excluding hydrogens is 743 g/mol. The van der Waals surface area contributed by atoms with Gasteiger partial charge in [0, 0.05) is 38.6 Å². The highest BCUT2D eigenvalue weighted by molar-refractivity contribution is 6.12. The van der Waals surface area contributed by atoms with Crippen molar-refractivity contribution in [1.29, 1.82) is 0 Å². The third-order valence-electron chi connectivity index (χ3n) is 12.1. The second-order valence-electron chi connectivity index (χ2n) is 15.7. The molecule has 0 spiro atoms. The molecule has 3 heteroatoms. The van der Waals surface area contributed by atoms with Gasteiger partial charge in [0.1, 0.15) is 22.3 Å². The van der Waals surface area contributed by atoms with Crippen molar-refractivity contribution in [3.63, 3.8) is 0 Å². The van der Waals surface area contributed by atoms with E-state index in [1.807, 2.05) is 24.3 Å². The lowest BCUT2D eigenvalue weighted by Gasteiger charge is -2.27. The zero-order valence-electron chi connectivity index (χ0n) is 33.1. The SMILES string of the molecule is c1cc(-c2ccc3oc4ccccc4c3c2)cc(N(c2ccc(-c3ccc(-c4cccc5ccccc45)cc3)cc2)c2cccc(-c3cccc4oc5ccccc5c34)c2)c1. The van der Waals surface area contributed by atoms with Crippen molar-refractivity contribution in [3.05, 3.63) is 224 Å². The lowest BCUT2D eigenvalue weighted by molar-refractivity contribution is 0.668. The first-order chi connectivity index (χ1) is 30.2. The van der Waals surface area contributed by atoms with Crippen LogP contribution < -0.4 is 4.90 Å². The Labute approximate surface area is 353 Å². The molecule has 0 bridgehead atoms. The highest BCUT2D eigenvalue weighted by Crippen LogP contribution is 2.42. The molecular formula is C58H37NO2. The fourth-order valence-electron chi connectivity index (χ4n) is 9.13. The van der Waals surface area contributed by atoms with E-state index in [0.717, 1.165) is 88.8 Å². The summed E-state index contributed by atoms with van der Waals surface area (Å²) in [6, 6.07) is 80.1. The first kappa shape index (κ1) is 34.9. The Balaban J connectivity index is 0.958. The molecule has 12 aromatic rings. The molecule has 0 atom stereocenters. The van der Waals surface area contributed by atoms with Crippen LogP contribution in [0.25, 0.3) is 99.2 Å².